The molecule has 0 heterocycles. The molecule has 0 fully saturated rings. The molecule has 0 saturated carbocycles. The Morgan fingerprint density at radius 1 is 0.639 bits per heavy atom. The molecule has 0 bridgehead atoms. The molecule has 190 valence electrons. The first-order valence-electron chi connectivity index (χ1n) is 13.8. The SMILES string of the molecule is C=CCCCCCCCCC(=O)C(CCCC)=P(c1ccccc1)(c1ccccc1)c1ccccc1. The predicted octanol–water partition coefficient (Wildman–Crippen LogP) is 8.22. The molecular weight excluding hydrogens is 455 g/mol. The third-order valence-electron chi connectivity index (χ3n) is 6.99. The zero-order valence-electron chi connectivity index (χ0n) is 22.1. The van der Waals surface area contributed by atoms with Gasteiger partial charge in [-0.1, -0.05) is 136 Å². The molecule has 0 saturated heterocycles. The van der Waals surface area contributed by atoms with Crippen molar-refractivity contribution in [3.05, 3.63) is 104 Å². The first kappa shape index (κ1) is 27.9. The van der Waals surface area contributed by atoms with Gasteiger partial charge >= 0.3 is 0 Å². The molecule has 0 unspecified atom stereocenters. The summed E-state index contributed by atoms with van der Waals surface area (Å²) in [4.78, 5) is 14.2. The Balaban J connectivity index is 2.06. The van der Waals surface area contributed by atoms with E-state index in [1.54, 1.807) is 0 Å². The van der Waals surface area contributed by atoms with Crippen molar-refractivity contribution in [2.75, 3.05) is 0 Å². The molecule has 36 heavy (non-hydrogen) atoms. The van der Waals surface area contributed by atoms with Crippen LogP contribution >= 0.6 is 6.89 Å². The first-order valence-corrected chi connectivity index (χ1v) is 15.6. The van der Waals surface area contributed by atoms with Gasteiger partial charge in [0.25, 0.3) is 0 Å². The van der Waals surface area contributed by atoms with Crippen molar-refractivity contribution in [3.8, 4) is 0 Å². The standard InChI is InChI=1S/C34H43OP/c1-3-5-7-8-9-10-11-21-28-33(35)34(29-6-4-2)36(30-22-15-12-16-23-30,31-24-17-13-18-25-31)32-26-19-14-20-27-32/h3,12-20,22-27H,1,4-11,21,28-29H2,2H3. The van der Waals surface area contributed by atoms with E-state index in [-0.39, 0.29) is 0 Å². The summed E-state index contributed by atoms with van der Waals surface area (Å²) in [7, 11) is 0. The smallest absolute Gasteiger partial charge is 0.159 e. The Labute approximate surface area is 219 Å². The second-order valence-electron chi connectivity index (χ2n) is 9.60. The van der Waals surface area contributed by atoms with Crippen LogP contribution < -0.4 is 15.9 Å². The Kier molecular flexibility index (Phi) is 12.0. The van der Waals surface area contributed by atoms with Crippen LogP contribution in [0.4, 0.5) is 0 Å². The van der Waals surface area contributed by atoms with E-state index in [0.717, 1.165) is 43.8 Å². The van der Waals surface area contributed by atoms with Crippen LogP contribution in [0.1, 0.15) is 77.6 Å². The van der Waals surface area contributed by atoms with Crippen LogP contribution in [0, 0.1) is 0 Å². The predicted molar refractivity (Wildman–Crippen MR) is 162 cm³/mol. The van der Waals surface area contributed by atoms with Crippen LogP contribution in [0.5, 0.6) is 0 Å². The zero-order valence-corrected chi connectivity index (χ0v) is 23.0. The zero-order chi connectivity index (χ0) is 25.5. The van der Waals surface area contributed by atoms with E-state index in [9.17, 15) is 4.79 Å². The first-order chi connectivity index (χ1) is 17.7. The lowest BCUT2D eigenvalue weighted by Crippen LogP contribution is -2.33. The third-order valence-corrected chi connectivity index (χ3v) is 11.5. The van der Waals surface area contributed by atoms with Crippen molar-refractivity contribution in [1.29, 1.82) is 0 Å². The fourth-order valence-electron chi connectivity index (χ4n) is 5.13. The minimum Gasteiger partial charge on any atom is -0.294 e. The van der Waals surface area contributed by atoms with Crippen LogP contribution in [-0.4, -0.2) is 11.1 Å². The van der Waals surface area contributed by atoms with Crippen LogP contribution in [0.3, 0.4) is 0 Å². The summed E-state index contributed by atoms with van der Waals surface area (Å²) in [6.07, 6.45) is 13.8. The van der Waals surface area contributed by atoms with E-state index in [0.29, 0.717) is 12.2 Å². The maximum atomic E-state index is 14.2. The van der Waals surface area contributed by atoms with E-state index in [4.69, 9.17) is 0 Å². The number of Topliss-reactive ketones (excluding diaryl/α,β-unsaturated/α-hetero) is 1. The highest BCUT2D eigenvalue weighted by molar-refractivity contribution is 7.96. The molecule has 0 aromatic heterocycles. The number of carbonyl (C=O) groups excluding carboxylic acids is 1. The topological polar surface area (TPSA) is 17.1 Å². The third kappa shape index (κ3) is 7.21. The normalized spacial score (nSPS) is 11.2. The molecule has 3 aromatic carbocycles. The minimum absolute atomic E-state index is 0.375. The van der Waals surface area contributed by atoms with Gasteiger partial charge in [0.15, 0.2) is 5.78 Å². The van der Waals surface area contributed by atoms with Gasteiger partial charge in [-0.25, -0.2) is 0 Å². The van der Waals surface area contributed by atoms with Crippen molar-refractivity contribution in [1.82, 2.24) is 0 Å². The number of rotatable bonds is 16. The molecule has 3 rings (SSSR count). The molecule has 0 aliphatic heterocycles. The Morgan fingerprint density at radius 2 is 1.08 bits per heavy atom. The second kappa shape index (κ2) is 15.5. The lowest BCUT2D eigenvalue weighted by Gasteiger charge is -2.32. The summed E-state index contributed by atoms with van der Waals surface area (Å²) in [5, 5.41) is 5.00. The largest absolute Gasteiger partial charge is 0.294 e. The second-order valence-corrected chi connectivity index (χ2v) is 13.0. The number of hydrogen-bond donors (Lipinski definition) is 0. The summed E-state index contributed by atoms with van der Waals surface area (Å²) in [5.41, 5.74) is 0. The molecule has 0 aliphatic carbocycles. The van der Waals surface area contributed by atoms with Gasteiger partial charge in [-0.05, 0) is 54.9 Å². The van der Waals surface area contributed by atoms with Gasteiger partial charge in [-0.3, -0.25) is 4.79 Å². The molecule has 0 radical (unpaired) electrons. The quantitative estimate of drug-likeness (QED) is 0.110. The van der Waals surface area contributed by atoms with E-state index in [1.165, 1.54) is 41.6 Å². The van der Waals surface area contributed by atoms with Crippen LogP contribution in [-0.2, 0) is 4.79 Å². The molecule has 0 atom stereocenters. The summed E-state index contributed by atoms with van der Waals surface area (Å²) in [6.45, 7) is 3.77. The highest BCUT2D eigenvalue weighted by Crippen LogP contribution is 2.47. The number of hydrogen-bond acceptors (Lipinski definition) is 1. The van der Waals surface area contributed by atoms with Gasteiger partial charge in [0, 0.05) is 11.7 Å². The summed E-state index contributed by atoms with van der Waals surface area (Å²) in [6, 6.07) is 32.5. The highest BCUT2D eigenvalue weighted by Gasteiger charge is 2.32. The van der Waals surface area contributed by atoms with Gasteiger partial charge in [-0.2, -0.15) is 0 Å². The van der Waals surface area contributed by atoms with Gasteiger partial charge in [0.2, 0.25) is 0 Å². The average Bonchev–Trinajstić information content (AvgIpc) is 2.94. The van der Waals surface area contributed by atoms with E-state index >= 15 is 0 Å². The van der Waals surface area contributed by atoms with Gasteiger partial charge < -0.3 is 0 Å². The van der Waals surface area contributed by atoms with Gasteiger partial charge in [0.1, 0.15) is 0 Å². The monoisotopic (exact) mass is 498 g/mol. The summed E-state index contributed by atoms with van der Waals surface area (Å²) in [5.74, 6) is 0.375. The Bertz CT molecular complexity index is 996. The summed E-state index contributed by atoms with van der Waals surface area (Å²) >= 11 is 0. The highest BCUT2D eigenvalue weighted by atomic mass is 31.2. The van der Waals surface area contributed by atoms with Crippen molar-refractivity contribution in [2.24, 2.45) is 0 Å². The van der Waals surface area contributed by atoms with Crippen LogP contribution in [0.2, 0.25) is 0 Å². The fraction of sp³-hybridized carbons (Fsp3) is 0.353. The van der Waals surface area contributed by atoms with Crippen molar-refractivity contribution in [2.45, 2.75) is 77.6 Å². The molecule has 0 N–H and O–H groups in total. The maximum absolute atomic E-state index is 14.2. The molecular formula is C34H43OP. The molecule has 1 nitrogen and oxygen atoms in total. The number of benzene rings is 3. The Hall–Kier alpha value is -2.63. The number of allylic oxidation sites excluding steroid dienone is 1. The fourth-order valence-corrected chi connectivity index (χ4v) is 9.80. The van der Waals surface area contributed by atoms with Gasteiger partial charge in [0.05, 0.1) is 0 Å². The van der Waals surface area contributed by atoms with E-state index < -0.39 is 6.89 Å². The number of unbranched alkanes of at least 4 members (excludes halogenated alkanes) is 7. The summed E-state index contributed by atoms with van der Waals surface area (Å²) < 4.78 is 0. The maximum Gasteiger partial charge on any atom is 0.159 e. The van der Waals surface area contributed by atoms with Crippen molar-refractivity contribution < 1.29 is 4.79 Å². The molecule has 0 spiro atoms. The van der Waals surface area contributed by atoms with E-state index in [1.807, 2.05) is 6.08 Å². The van der Waals surface area contributed by atoms with Crippen LogP contribution in [0.15, 0.2) is 104 Å². The van der Waals surface area contributed by atoms with Crippen molar-refractivity contribution in [3.63, 3.8) is 0 Å². The number of carbonyl (C=O) groups is 1. The lowest BCUT2D eigenvalue weighted by molar-refractivity contribution is -0.113. The van der Waals surface area contributed by atoms with Gasteiger partial charge in [-0.15, -0.1) is 6.58 Å². The van der Waals surface area contributed by atoms with Crippen LogP contribution in [0.25, 0.3) is 0 Å². The van der Waals surface area contributed by atoms with E-state index in [2.05, 4.69) is 104 Å². The molecule has 3 aromatic rings. The Morgan fingerprint density at radius 3 is 1.53 bits per heavy atom. The van der Waals surface area contributed by atoms with Crippen molar-refractivity contribution >= 4 is 33.9 Å². The number of ketones is 1. The molecule has 2 heteroatoms. The minimum atomic E-state index is -2.27. The lowest BCUT2D eigenvalue weighted by atomic mass is 10.0. The molecule has 0 aliphatic rings. The molecule has 0 amide bonds. The average molecular weight is 499 g/mol.